The van der Waals surface area contributed by atoms with E-state index in [1.54, 1.807) is 24.3 Å². The van der Waals surface area contributed by atoms with Gasteiger partial charge in [-0.3, -0.25) is 0 Å². The van der Waals surface area contributed by atoms with E-state index >= 15 is 0 Å². The van der Waals surface area contributed by atoms with Crippen molar-refractivity contribution in [3.05, 3.63) is 24.3 Å². The second-order valence-corrected chi connectivity index (χ2v) is 4.52. The van der Waals surface area contributed by atoms with Gasteiger partial charge in [0.1, 0.15) is 0 Å². The average molecular weight is 256 g/mol. The van der Waals surface area contributed by atoms with Crippen molar-refractivity contribution in [2.75, 3.05) is 0 Å². The number of allylic oxidation sites excluding steroid dienone is 2. The van der Waals surface area contributed by atoms with Crippen LogP contribution < -0.4 is 0 Å². The predicted molar refractivity (Wildman–Crippen MR) is 69.9 cm³/mol. The van der Waals surface area contributed by atoms with Crippen molar-refractivity contribution in [3.8, 4) is 0 Å². The van der Waals surface area contributed by atoms with Crippen LogP contribution in [0.2, 0.25) is 0 Å². The molecule has 1 fully saturated rings. The first-order chi connectivity index (χ1) is 8.65. The number of ether oxygens (including phenoxy) is 2. The molecule has 2 N–H and O–H groups in total. The summed E-state index contributed by atoms with van der Waals surface area (Å²) in [7, 11) is 0. The lowest BCUT2D eigenvalue weighted by molar-refractivity contribution is -0.159. The van der Waals surface area contributed by atoms with Crippen molar-refractivity contribution < 1.29 is 19.7 Å². The summed E-state index contributed by atoms with van der Waals surface area (Å²) in [5.41, 5.74) is 0. The molecule has 1 aliphatic rings. The zero-order chi connectivity index (χ0) is 13.4. The third-order valence-corrected chi connectivity index (χ3v) is 2.96. The molecule has 4 atom stereocenters. The normalized spacial score (nSPS) is 28.9. The number of aliphatic hydroxyl groups excluding tert-OH is 2. The van der Waals surface area contributed by atoms with Crippen molar-refractivity contribution in [1.82, 2.24) is 0 Å². The number of hydrogen-bond donors (Lipinski definition) is 2. The number of aliphatic hydroxyl groups is 2. The maximum absolute atomic E-state index is 9.54. The highest BCUT2D eigenvalue weighted by Crippen LogP contribution is 2.25. The molecule has 0 saturated heterocycles. The molecule has 0 spiro atoms. The fraction of sp³-hybridized carbons (Fsp3) is 0.714. The van der Waals surface area contributed by atoms with Crippen LogP contribution >= 0.6 is 0 Å². The van der Waals surface area contributed by atoms with Crippen molar-refractivity contribution in [2.45, 2.75) is 64.3 Å². The molecule has 104 valence electrons. The summed E-state index contributed by atoms with van der Waals surface area (Å²) in [6.07, 6.45) is 8.58. The molecule has 0 aromatic rings. The van der Waals surface area contributed by atoms with E-state index in [4.69, 9.17) is 9.47 Å². The molecule has 4 unspecified atom stereocenters. The van der Waals surface area contributed by atoms with Crippen molar-refractivity contribution in [1.29, 1.82) is 0 Å². The molecule has 1 aliphatic carbocycles. The van der Waals surface area contributed by atoms with Crippen LogP contribution in [0.1, 0.15) is 39.5 Å². The van der Waals surface area contributed by atoms with Gasteiger partial charge in [0.15, 0.2) is 12.6 Å². The molecule has 0 amide bonds. The molecule has 1 rings (SSSR count). The van der Waals surface area contributed by atoms with Crippen LogP contribution in [-0.2, 0) is 9.47 Å². The molecule has 0 bridgehead atoms. The van der Waals surface area contributed by atoms with Gasteiger partial charge in [-0.2, -0.15) is 0 Å². The topological polar surface area (TPSA) is 58.9 Å². The maximum Gasteiger partial charge on any atom is 0.174 e. The van der Waals surface area contributed by atoms with Gasteiger partial charge in [0, 0.05) is 6.42 Å². The lowest BCUT2D eigenvalue weighted by Crippen LogP contribution is -2.32. The standard InChI is InChI=1S/C14H24O4/c1-3-6-13(15)17-11-8-5-9-12(10-11)18-14(16)7-4-2/h3-4,6-7,11-16H,5,8-10H2,1-2H3/b6-3+,7-4+. The summed E-state index contributed by atoms with van der Waals surface area (Å²) in [6.45, 7) is 3.68. The molecule has 0 aliphatic heterocycles. The average Bonchev–Trinajstić information content (AvgIpc) is 2.29. The van der Waals surface area contributed by atoms with E-state index in [-0.39, 0.29) is 12.2 Å². The first kappa shape index (κ1) is 15.4. The Kier molecular flexibility index (Phi) is 7.20. The highest BCUT2D eigenvalue weighted by molar-refractivity contribution is 4.84. The summed E-state index contributed by atoms with van der Waals surface area (Å²) in [6, 6.07) is 0. The Balaban J connectivity index is 2.36. The van der Waals surface area contributed by atoms with Gasteiger partial charge in [0.25, 0.3) is 0 Å². The van der Waals surface area contributed by atoms with Gasteiger partial charge >= 0.3 is 0 Å². The minimum atomic E-state index is -0.848. The Bertz CT molecular complexity index is 249. The van der Waals surface area contributed by atoms with E-state index < -0.39 is 12.6 Å². The largest absolute Gasteiger partial charge is 0.365 e. The van der Waals surface area contributed by atoms with Gasteiger partial charge in [-0.1, -0.05) is 12.2 Å². The zero-order valence-electron chi connectivity index (χ0n) is 11.2. The smallest absolute Gasteiger partial charge is 0.174 e. The van der Waals surface area contributed by atoms with Gasteiger partial charge < -0.3 is 19.7 Å². The second kappa shape index (κ2) is 8.43. The predicted octanol–water partition coefficient (Wildman–Crippen LogP) is 2.12. The maximum atomic E-state index is 9.54. The Morgan fingerprint density at radius 1 is 0.944 bits per heavy atom. The van der Waals surface area contributed by atoms with Crippen LogP contribution in [0, 0.1) is 0 Å². The molecule has 1 saturated carbocycles. The Hall–Kier alpha value is -0.680. The summed E-state index contributed by atoms with van der Waals surface area (Å²) in [4.78, 5) is 0. The highest BCUT2D eigenvalue weighted by Gasteiger charge is 2.25. The van der Waals surface area contributed by atoms with Crippen LogP contribution in [0.3, 0.4) is 0 Å². The lowest BCUT2D eigenvalue weighted by atomic mass is 9.95. The third-order valence-electron chi connectivity index (χ3n) is 2.96. The molecule has 0 aromatic carbocycles. The molecule has 4 heteroatoms. The fourth-order valence-electron chi connectivity index (χ4n) is 2.16. The first-order valence-corrected chi connectivity index (χ1v) is 6.58. The van der Waals surface area contributed by atoms with E-state index in [9.17, 15) is 10.2 Å². The van der Waals surface area contributed by atoms with Crippen LogP contribution in [0.4, 0.5) is 0 Å². The third kappa shape index (κ3) is 5.78. The fourth-order valence-corrected chi connectivity index (χ4v) is 2.16. The molecule has 0 aromatic heterocycles. The SMILES string of the molecule is C/C=C/C(O)OC1CCCC(OC(O)/C=C/C)C1. The van der Waals surface area contributed by atoms with Gasteiger partial charge in [0.2, 0.25) is 0 Å². The van der Waals surface area contributed by atoms with Crippen molar-refractivity contribution in [2.24, 2.45) is 0 Å². The van der Waals surface area contributed by atoms with E-state index in [1.165, 1.54) is 0 Å². The van der Waals surface area contributed by atoms with Crippen LogP contribution in [0.5, 0.6) is 0 Å². The molecule has 0 radical (unpaired) electrons. The van der Waals surface area contributed by atoms with E-state index in [2.05, 4.69) is 0 Å². The molecule has 4 nitrogen and oxygen atoms in total. The summed E-state index contributed by atoms with van der Waals surface area (Å²) >= 11 is 0. The molecular weight excluding hydrogens is 232 g/mol. The van der Waals surface area contributed by atoms with E-state index in [0.717, 1.165) is 19.3 Å². The summed E-state index contributed by atoms with van der Waals surface area (Å²) in [5, 5.41) is 19.1. The molecule has 0 heterocycles. The Morgan fingerprint density at radius 2 is 1.39 bits per heavy atom. The van der Waals surface area contributed by atoms with Crippen LogP contribution in [-0.4, -0.2) is 35.0 Å². The molecule has 18 heavy (non-hydrogen) atoms. The van der Waals surface area contributed by atoms with Gasteiger partial charge in [0.05, 0.1) is 12.2 Å². The second-order valence-electron chi connectivity index (χ2n) is 4.52. The lowest BCUT2D eigenvalue weighted by Gasteiger charge is -2.30. The number of rotatable bonds is 6. The minimum absolute atomic E-state index is 0.00671. The first-order valence-electron chi connectivity index (χ1n) is 6.58. The zero-order valence-corrected chi connectivity index (χ0v) is 11.2. The van der Waals surface area contributed by atoms with Crippen molar-refractivity contribution >= 4 is 0 Å². The summed E-state index contributed by atoms with van der Waals surface area (Å²) < 4.78 is 11.0. The minimum Gasteiger partial charge on any atom is -0.365 e. The Labute approximate surface area is 109 Å². The van der Waals surface area contributed by atoms with E-state index in [1.807, 2.05) is 13.8 Å². The summed E-state index contributed by atoms with van der Waals surface area (Å²) in [5.74, 6) is 0. The molecular formula is C14H24O4. The Morgan fingerprint density at radius 3 is 1.78 bits per heavy atom. The number of hydrogen-bond acceptors (Lipinski definition) is 4. The van der Waals surface area contributed by atoms with Gasteiger partial charge in [-0.05, 0) is 45.3 Å². The van der Waals surface area contributed by atoms with Gasteiger partial charge in [-0.15, -0.1) is 0 Å². The van der Waals surface area contributed by atoms with Crippen LogP contribution in [0.25, 0.3) is 0 Å². The monoisotopic (exact) mass is 256 g/mol. The van der Waals surface area contributed by atoms with Gasteiger partial charge in [-0.25, -0.2) is 0 Å². The van der Waals surface area contributed by atoms with E-state index in [0.29, 0.717) is 6.42 Å². The van der Waals surface area contributed by atoms with Crippen molar-refractivity contribution in [3.63, 3.8) is 0 Å². The highest BCUT2D eigenvalue weighted by atomic mass is 16.6. The quantitative estimate of drug-likeness (QED) is 0.564. The van der Waals surface area contributed by atoms with Crippen LogP contribution in [0.15, 0.2) is 24.3 Å².